The molecule has 3 N–H and O–H groups in total. The van der Waals surface area contributed by atoms with E-state index in [1.807, 2.05) is 6.92 Å². The zero-order valence-electron chi connectivity index (χ0n) is 9.95. The first-order valence-electron chi connectivity index (χ1n) is 5.34. The minimum atomic E-state index is -1.03. The van der Waals surface area contributed by atoms with E-state index in [1.165, 1.54) is 0 Å². The van der Waals surface area contributed by atoms with Crippen LogP contribution in [0.5, 0.6) is 0 Å². The summed E-state index contributed by atoms with van der Waals surface area (Å²) < 4.78 is 5.02. The lowest BCUT2D eigenvalue weighted by molar-refractivity contribution is -0.140. The van der Waals surface area contributed by atoms with Gasteiger partial charge in [-0.15, -0.1) is 0 Å². The van der Waals surface area contributed by atoms with Gasteiger partial charge < -0.3 is 20.5 Å². The fourth-order valence-electron chi connectivity index (χ4n) is 1.09. The van der Waals surface area contributed by atoms with Gasteiger partial charge in [0.1, 0.15) is 6.04 Å². The molecule has 0 bridgehead atoms. The average molecular weight is 232 g/mol. The normalized spacial score (nSPS) is 12.2. The number of aliphatic carboxylic acids is 1. The quantitative estimate of drug-likeness (QED) is 0.555. The monoisotopic (exact) mass is 232 g/mol. The van der Waals surface area contributed by atoms with Gasteiger partial charge in [0.2, 0.25) is 0 Å². The second kappa shape index (κ2) is 7.92. The van der Waals surface area contributed by atoms with E-state index >= 15 is 0 Å². The Labute approximate surface area is 95.4 Å². The molecule has 0 radical (unpaired) electrons. The highest BCUT2D eigenvalue weighted by Crippen LogP contribution is 2.00. The van der Waals surface area contributed by atoms with Crippen molar-refractivity contribution >= 4 is 12.0 Å². The smallest absolute Gasteiger partial charge is 0.326 e. The van der Waals surface area contributed by atoms with Gasteiger partial charge in [-0.2, -0.15) is 0 Å². The molecule has 1 atom stereocenters. The molecule has 0 aromatic carbocycles. The Balaban J connectivity index is 3.87. The van der Waals surface area contributed by atoms with Crippen molar-refractivity contribution in [1.29, 1.82) is 0 Å². The summed E-state index contributed by atoms with van der Waals surface area (Å²) in [5.74, 6) is -1.19. The minimum Gasteiger partial charge on any atom is -0.480 e. The topological polar surface area (TPSA) is 87.7 Å². The third kappa shape index (κ3) is 6.23. The Bertz CT molecular complexity index is 231. The summed E-state index contributed by atoms with van der Waals surface area (Å²) in [6, 6.07) is -1.35. The third-order valence-electron chi connectivity index (χ3n) is 1.96. The van der Waals surface area contributed by atoms with Gasteiger partial charge in [0, 0.05) is 13.2 Å². The van der Waals surface area contributed by atoms with E-state index in [1.54, 1.807) is 13.8 Å². The molecule has 2 amide bonds. The Kier molecular flexibility index (Phi) is 7.28. The van der Waals surface area contributed by atoms with Gasteiger partial charge in [0.05, 0.1) is 6.61 Å². The van der Waals surface area contributed by atoms with Gasteiger partial charge >= 0.3 is 12.0 Å². The summed E-state index contributed by atoms with van der Waals surface area (Å²) in [7, 11) is 0. The van der Waals surface area contributed by atoms with E-state index < -0.39 is 18.0 Å². The number of nitrogens with one attached hydrogen (secondary N) is 2. The molecule has 0 aliphatic carbocycles. The van der Waals surface area contributed by atoms with Crippen molar-refractivity contribution in [3.63, 3.8) is 0 Å². The zero-order chi connectivity index (χ0) is 12.6. The fourth-order valence-corrected chi connectivity index (χ4v) is 1.09. The molecule has 0 aliphatic rings. The van der Waals surface area contributed by atoms with E-state index in [2.05, 4.69) is 10.6 Å². The molecule has 0 saturated heterocycles. The number of amides is 2. The Morgan fingerprint density at radius 1 is 1.38 bits per heavy atom. The predicted molar refractivity (Wildman–Crippen MR) is 59.3 cm³/mol. The van der Waals surface area contributed by atoms with Crippen molar-refractivity contribution in [2.24, 2.45) is 5.92 Å². The lowest BCUT2D eigenvalue weighted by Crippen LogP contribution is -2.49. The van der Waals surface area contributed by atoms with Gasteiger partial charge in [-0.05, 0) is 12.8 Å². The Morgan fingerprint density at radius 2 is 2.00 bits per heavy atom. The highest BCUT2D eigenvalue weighted by molar-refractivity contribution is 5.82. The molecule has 0 spiro atoms. The molecular weight excluding hydrogens is 212 g/mol. The second-order valence-electron chi connectivity index (χ2n) is 3.66. The SMILES string of the molecule is CCOCCNC(=O)NC(C(=O)O)C(C)C. The summed E-state index contributed by atoms with van der Waals surface area (Å²) in [5.41, 5.74) is 0. The lowest BCUT2D eigenvalue weighted by atomic mass is 10.1. The molecule has 0 aromatic rings. The van der Waals surface area contributed by atoms with E-state index in [-0.39, 0.29) is 5.92 Å². The number of ether oxygens (including phenoxy) is 1. The molecule has 6 nitrogen and oxygen atoms in total. The fraction of sp³-hybridized carbons (Fsp3) is 0.800. The largest absolute Gasteiger partial charge is 0.480 e. The standard InChI is InChI=1S/C10H20N2O4/c1-4-16-6-5-11-10(15)12-8(7(2)3)9(13)14/h7-8H,4-6H2,1-3H3,(H,13,14)(H2,11,12,15). The van der Waals surface area contributed by atoms with Crippen LogP contribution < -0.4 is 10.6 Å². The van der Waals surface area contributed by atoms with Crippen LogP contribution in [0.15, 0.2) is 0 Å². The zero-order valence-corrected chi connectivity index (χ0v) is 9.95. The van der Waals surface area contributed by atoms with Gasteiger partial charge in [-0.25, -0.2) is 9.59 Å². The van der Waals surface area contributed by atoms with Crippen LogP contribution in [0.25, 0.3) is 0 Å². The van der Waals surface area contributed by atoms with Crippen LogP contribution in [-0.4, -0.2) is 42.9 Å². The van der Waals surface area contributed by atoms with Crippen LogP contribution in [-0.2, 0) is 9.53 Å². The van der Waals surface area contributed by atoms with Crippen LogP contribution in [0.4, 0.5) is 4.79 Å². The number of carboxylic acids is 1. The summed E-state index contributed by atoms with van der Waals surface area (Å²) in [6.07, 6.45) is 0. The third-order valence-corrected chi connectivity index (χ3v) is 1.96. The van der Waals surface area contributed by atoms with Gasteiger partial charge in [-0.3, -0.25) is 0 Å². The van der Waals surface area contributed by atoms with Crippen molar-refractivity contribution in [2.75, 3.05) is 19.8 Å². The molecule has 0 fully saturated rings. The van der Waals surface area contributed by atoms with Crippen LogP contribution in [0.2, 0.25) is 0 Å². The molecule has 0 rings (SSSR count). The number of carboxylic acid groups (broad SMARTS) is 1. The lowest BCUT2D eigenvalue weighted by Gasteiger charge is -2.18. The molecule has 1 unspecified atom stereocenters. The molecule has 0 heterocycles. The van der Waals surface area contributed by atoms with Crippen LogP contribution in [0, 0.1) is 5.92 Å². The van der Waals surface area contributed by atoms with Crippen molar-refractivity contribution < 1.29 is 19.4 Å². The molecule has 0 aliphatic heterocycles. The van der Waals surface area contributed by atoms with Crippen LogP contribution in [0.3, 0.4) is 0 Å². The van der Waals surface area contributed by atoms with Crippen molar-refractivity contribution in [2.45, 2.75) is 26.8 Å². The first kappa shape index (κ1) is 14.7. The highest BCUT2D eigenvalue weighted by Gasteiger charge is 2.22. The number of rotatable bonds is 7. The maximum atomic E-state index is 11.3. The predicted octanol–water partition coefficient (Wildman–Crippen LogP) is 0.431. The summed E-state index contributed by atoms with van der Waals surface area (Å²) in [6.45, 7) is 6.71. The Morgan fingerprint density at radius 3 is 2.44 bits per heavy atom. The first-order chi connectivity index (χ1) is 7.49. The second-order valence-corrected chi connectivity index (χ2v) is 3.66. The molecular formula is C10H20N2O4. The summed E-state index contributed by atoms with van der Waals surface area (Å²) in [5, 5.41) is 13.7. The van der Waals surface area contributed by atoms with E-state index in [4.69, 9.17) is 9.84 Å². The number of carbonyl (C=O) groups excluding carboxylic acids is 1. The summed E-state index contributed by atoms with van der Waals surface area (Å²) >= 11 is 0. The van der Waals surface area contributed by atoms with Gasteiger partial charge in [-0.1, -0.05) is 13.8 Å². The van der Waals surface area contributed by atoms with Gasteiger partial charge in [0.25, 0.3) is 0 Å². The molecule has 94 valence electrons. The molecule has 0 aromatic heterocycles. The maximum absolute atomic E-state index is 11.3. The summed E-state index contributed by atoms with van der Waals surface area (Å²) in [4.78, 5) is 22.1. The van der Waals surface area contributed by atoms with Gasteiger partial charge in [0.15, 0.2) is 0 Å². The number of urea groups is 1. The number of hydrogen-bond acceptors (Lipinski definition) is 3. The van der Waals surface area contributed by atoms with Crippen molar-refractivity contribution in [1.82, 2.24) is 10.6 Å². The van der Waals surface area contributed by atoms with E-state index in [0.29, 0.717) is 19.8 Å². The molecule has 6 heteroatoms. The van der Waals surface area contributed by atoms with Crippen LogP contribution >= 0.6 is 0 Å². The first-order valence-corrected chi connectivity index (χ1v) is 5.34. The number of carbonyl (C=O) groups is 2. The van der Waals surface area contributed by atoms with E-state index in [9.17, 15) is 9.59 Å². The van der Waals surface area contributed by atoms with Crippen molar-refractivity contribution in [3.05, 3.63) is 0 Å². The average Bonchev–Trinajstić information content (AvgIpc) is 2.20. The Hall–Kier alpha value is -1.30. The van der Waals surface area contributed by atoms with Crippen molar-refractivity contribution in [3.8, 4) is 0 Å². The number of hydrogen-bond donors (Lipinski definition) is 3. The highest BCUT2D eigenvalue weighted by atomic mass is 16.5. The molecule has 16 heavy (non-hydrogen) atoms. The minimum absolute atomic E-state index is 0.157. The van der Waals surface area contributed by atoms with E-state index in [0.717, 1.165) is 0 Å². The maximum Gasteiger partial charge on any atom is 0.326 e. The van der Waals surface area contributed by atoms with Crippen LogP contribution in [0.1, 0.15) is 20.8 Å². The molecule has 0 saturated carbocycles.